The number of para-hydroxylation sites is 1. The lowest BCUT2D eigenvalue weighted by Crippen LogP contribution is -2.09. The predicted octanol–water partition coefficient (Wildman–Crippen LogP) is 2.51. The first-order valence-corrected chi connectivity index (χ1v) is 7.17. The number of aryl methyl sites for hydroxylation is 1. The Morgan fingerprint density at radius 3 is 2.86 bits per heavy atom. The zero-order chi connectivity index (χ0) is 14.7. The summed E-state index contributed by atoms with van der Waals surface area (Å²) in [4.78, 5) is 13.0. The number of aliphatic hydroxyl groups excluding tert-OH is 1. The van der Waals surface area contributed by atoms with E-state index in [4.69, 9.17) is 0 Å². The second-order valence-electron chi connectivity index (χ2n) is 5.03. The molecule has 0 fully saturated rings. The van der Waals surface area contributed by atoms with Crippen molar-refractivity contribution in [3.05, 3.63) is 54.4 Å². The fourth-order valence-electron chi connectivity index (χ4n) is 2.54. The Morgan fingerprint density at radius 2 is 2.00 bits per heavy atom. The maximum Gasteiger partial charge on any atom is 0.111 e. The van der Waals surface area contributed by atoms with Gasteiger partial charge in [0.05, 0.1) is 17.1 Å². The SMILES string of the molecule is CCCn1ccnc1CC(O)c1cccc2nccnc12. The molecule has 0 amide bonds. The van der Waals surface area contributed by atoms with Crippen molar-refractivity contribution < 1.29 is 5.11 Å². The molecule has 1 N–H and O–H groups in total. The summed E-state index contributed by atoms with van der Waals surface area (Å²) in [6.45, 7) is 3.04. The first-order valence-electron chi connectivity index (χ1n) is 7.17. The van der Waals surface area contributed by atoms with Gasteiger partial charge in [0.1, 0.15) is 5.82 Å². The van der Waals surface area contributed by atoms with E-state index in [-0.39, 0.29) is 0 Å². The number of rotatable bonds is 5. The number of fused-ring (bicyclic) bond motifs is 1. The van der Waals surface area contributed by atoms with E-state index in [0.717, 1.165) is 35.4 Å². The van der Waals surface area contributed by atoms with Crippen molar-refractivity contribution in [1.82, 2.24) is 19.5 Å². The van der Waals surface area contributed by atoms with E-state index in [0.29, 0.717) is 6.42 Å². The fraction of sp³-hybridized carbons (Fsp3) is 0.312. The summed E-state index contributed by atoms with van der Waals surface area (Å²) in [6.07, 6.45) is 7.92. The van der Waals surface area contributed by atoms with E-state index in [1.165, 1.54) is 0 Å². The molecule has 1 unspecified atom stereocenters. The van der Waals surface area contributed by atoms with E-state index in [2.05, 4.69) is 26.4 Å². The van der Waals surface area contributed by atoms with Crippen molar-refractivity contribution in [3.8, 4) is 0 Å². The van der Waals surface area contributed by atoms with Gasteiger partial charge in [-0.25, -0.2) is 4.98 Å². The summed E-state index contributed by atoms with van der Waals surface area (Å²) in [7, 11) is 0. The first kappa shape index (κ1) is 13.7. The van der Waals surface area contributed by atoms with Crippen LogP contribution in [-0.4, -0.2) is 24.6 Å². The molecule has 3 rings (SSSR count). The third-order valence-corrected chi connectivity index (χ3v) is 3.53. The quantitative estimate of drug-likeness (QED) is 0.781. The van der Waals surface area contributed by atoms with Crippen LogP contribution in [0.25, 0.3) is 11.0 Å². The molecule has 5 nitrogen and oxygen atoms in total. The second-order valence-corrected chi connectivity index (χ2v) is 5.03. The Labute approximate surface area is 123 Å². The van der Waals surface area contributed by atoms with E-state index < -0.39 is 6.10 Å². The highest BCUT2D eigenvalue weighted by molar-refractivity contribution is 5.77. The Kier molecular flexibility index (Phi) is 3.92. The lowest BCUT2D eigenvalue weighted by atomic mass is 10.0. The zero-order valence-corrected chi connectivity index (χ0v) is 12.0. The fourth-order valence-corrected chi connectivity index (χ4v) is 2.54. The van der Waals surface area contributed by atoms with E-state index in [9.17, 15) is 5.11 Å². The van der Waals surface area contributed by atoms with E-state index in [1.54, 1.807) is 18.6 Å². The molecule has 108 valence electrons. The minimum atomic E-state index is -0.636. The summed E-state index contributed by atoms with van der Waals surface area (Å²) in [5.74, 6) is 0.894. The molecule has 2 heterocycles. The Balaban J connectivity index is 1.90. The van der Waals surface area contributed by atoms with Crippen molar-refractivity contribution in [1.29, 1.82) is 0 Å². The molecule has 0 aliphatic rings. The first-order chi connectivity index (χ1) is 10.3. The van der Waals surface area contributed by atoms with Crippen molar-refractivity contribution >= 4 is 11.0 Å². The van der Waals surface area contributed by atoms with Gasteiger partial charge in [-0.1, -0.05) is 19.1 Å². The van der Waals surface area contributed by atoms with Gasteiger partial charge in [0.15, 0.2) is 0 Å². The van der Waals surface area contributed by atoms with Crippen molar-refractivity contribution in [2.75, 3.05) is 0 Å². The van der Waals surface area contributed by atoms with Gasteiger partial charge in [0, 0.05) is 43.3 Å². The average Bonchev–Trinajstić information content (AvgIpc) is 2.94. The second kappa shape index (κ2) is 6.01. The molecular weight excluding hydrogens is 264 g/mol. The summed E-state index contributed by atoms with van der Waals surface area (Å²) < 4.78 is 2.08. The van der Waals surface area contributed by atoms with Crippen LogP contribution in [0.3, 0.4) is 0 Å². The molecule has 3 aromatic rings. The number of benzene rings is 1. The average molecular weight is 282 g/mol. The number of imidazole rings is 1. The van der Waals surface area contributed by atoms with E-state index in [1.807, 2.05) is 24.4 Å². The molecule has 1 atom stereocenters. The number of hydrogen-bond donors (Lipinski definition) is 1. The van der Waals surface area contributed by atoms with Gasteiger partial charge >= 0.3 is 0 Å². The van der Waals surface area contributed by atoms with Crippen LogP contribution in [0.4, 0.5) is 0 Å². The summed E-state index contributed by atoms with van der Waals surface area (Å²) >= 11 is 0. The van der Waals surface area contributed by atoms with Gasteiger partial charge < -0.3 is 9.67 Å². The van der Waals surface area contributed by atoms with E-state index >= 15 is 0 Å². The number of aliphatic hydroxyl groups is 1. The van der Waals surface area contributed by atoms with Crippen molar-refractivity contribution in [2.45, 2.75) is 32.4 Å². The van der Waals surface area contributed by atoms with Gasteiger partial charge in [-0.05, 0) is 12.5 Å². The standard InChI is InChI=1S/C16H18N4O/c1-2-9-20-10-8-18-15(20)11-14(21)12-4-3-5-13-16(12)19-7-6-17-13/h3-8,10,14,21H,2,9,11H2,1H3. The highest BCUT2D eigenvalue weighted by Gasteiger charge is 2.15. The molecule has 0 aliphatic carbocycles. The van der Waals surface area contributed by atoms with Crippen LogP contribution in [0.2, 0.25) is 0 Å². The third kappa shape index (κ3) is 2.78. The lowest BCUT2D eigenvalue weighted by Gasteiger charge is -2.13. The molecule has 0 radical (unpaired) electrons. The van der Waals surface area contributed by atoms with Crippen LogP contribution >= 0.6 is 0 Å². The normalized spacial score (nSPS) is 12.7. The molecule has 5 heteroatoms. The predicted molar refractivity (Wildman–Crippen MR) is 80.7 cm³/mol. The lowest BCUT2D eigenvalue weighted by molar-refractivity contribution is 0.175. The van der Waals surface area contributed by atoms with Crippen LogP contribution < -0.4 is 0 Å². The van der Waals surface area contributed by atoms with Crippen molar-refractivity contribution in [2.24, 2.45) is 0 Å². The minimum Gasteiger partial charge on any atom is -0.388 e. The molecule has 21 heavy (non-hydrogen) atoms. The highest BCUT2D eigenvalue weighted by Crippen LogP contribution is 2.23. The molecule has 0 spiro atoms. The molecular formula is C16H18N4O. The maximum absolute atomic E-state index is 10.6. The minimum absolute atomic E-state index is 0.475. The molecule has 2 aromatic heterocycles. The van der Waals surface area contributed by atoms with Crippen LogP contribution in [0.1, 0.15) is 30.8 Å². The van der Waals surface area contributed by atoms with Crippen LogP contribution in [0, 0.1) is 0 Å². The Bertz CT molecular complexity index is 732. The van der Waals surface area contributed by atoms with Gasteiger partial charge in [-0.15, -0.1) is 0 Å². The summed E-state index contributed by atoms with van der Waals surface area (Å²) in [6, 6.07) is 5.69. The largest absolute Gasteiger partial charge is 0.388 e. The van der Waals surface area contributed by atoms with Gasteiger partial charge in [0.2, 0.25) is 0 Å². The topological polar surface area (TPSA) is 63.8 Å². The van der Waals surface area contributed by atoms with Gasteiger partial charge in [0.25, 0.3) is 0 Å². The Morgan fingerprint density at radius 1 is 1.14 bits per heavy atom. The number of aromatic nitrogens is 4. The van der Waals surface area contributed by atoms with Gasteiger partial charge in [-0.3, -0.25) is 9.97 Å². The monoisotopic (exact) mass is 282 g/mol. The van der Waals surface area contributed by atoms with Gasteiger partial charge in [-0.2, -0.15) is 0 Å². The molecule has 0 bridgehead atoms. The molecule has 0 saturated carbocycles. The number of nitrogens with zero attached hydrogens (tertiary/aromatic N) is 4. The summed E-state index contributed by atoms with van der Waals surface area (Å²) in [5, 5.41) is 10.6. The smallest absolute Gasteiger partial charge is 0.111 e. The maximum atomic E-state index is 10.6. The molecule has 0 aliphatic heterocycles. The third-order valence-electron chi connectivity index (χ3n) is 3.53. The Hall–Kier alpha value is -2.27. The van der Waals surface area contributed by atoms with Crippen LogP contribution in [0.5, 0.6) is 0 Å². The highest BCUT2D eigenvalue weighted by atomic mass is 16.3. The molecule has 1 aromatic carbocycles. The number of hydrogen-bond acceptors (Lipinski definition) is 4. The van der Waals surface area contributed by atoms with Crippen molar-refractivity contribution in [3.63, 3.8) is 0 Å². The zero-order valence-electron chi connectivity index (χ0n) is 12.0. The van der Waals surface area contributed by atoms with Crippen LogP contribution in [-0.2, 0) is 13.0 Å². The summed E-state index contributed by atoms with van der Waals surface area (Å²) in [5.41, 5.74) is 2.35. The molecule has 0 saturated heterocycles. The van der Waals surface area contributed by atoms with Crippen LogP contribution in [0.15, 0.2) is 43.0 Å².